The summed E-state index contributed by atoms with van der Waals surface area (Å²) in [5.41, 5.74) is 3.95. The summed E-state index contributed by atoms with van der Waals surface area (Å²) in [5.74, 6) is 0.869. The van der Waals surface area contributed by atoms with Gasteiger partial charge in [-0.1, -0.05) is 6.07 Å². The first-order valence-corrected chi connectivity index (χ1v) is 8.40. The van der Waals surface area contributed by atoms with Crippen molar-refractivity contribution in [2.24, 2.45) is 7.05 Å². The molecule has 1 atom stereocenters. The van der Waals surface area contributed by atoms with Crippen molar-refractivity contribution in [3.63, 3.8) is 0 Å². The Morgan fingerprint density at radius 3 is 2.87 bits per heavy atom. The first-order chi connectivity index (χ1) is 11.2. The van der Waals surface area contributed by atoms with Crippen molar-refractivity contribution in [1.82, 2.24) is 9.78 Å². The maximum Gasteiger partial charge on any atom is 0.250 e. The van der Waals surface area contributed by atoms with Crippen LogP contribution in [0.2, 0.25) is 0 Å². The molecule has 5 heteroatoms. The molecule has 1 aromatic heterocycles. The number of anilines is 2. The van der Waals surface area contributed by atoms with Gasteiger partial charge in [0, 0.05) is 31.5 Å². The number of aromatic nitrogens is 2. The standard InChI is InChI=1S/C18H22N4O/c1-21-11-9-17(20-21)22-10-3-6-16(18(22)23)19-15-8-7-13-4-2-5-14(13)12-15/h7-9,11-12,16,19H,2-6,10H2,1H3. The minimum absolute atomic E-state index is 0.121. The van der Waals surface area contributed by atoms with Crippen LogP contribution >= 0.6 is 0 Å². The molecule has 23 heavy (non-hydrogen) atoms. The summed E-state index contributed by atoms with van der Waals surface area (Å²) >= 11 is 0. The fourth-order valence-corrected chi connectivity index (χ4v) is 3.65. The molecule has 2 heterocycles. The summed E-state index contributed by atoms with van der Waals surface area (Å²) in [4.78, 5) is 14.6. The third-order valence-corrected chi connectivity index (χ3v) is 4.85. The number of carbonyl (C=O) groups is 1. The van der Waals surface area contributed by atoms with Crippen molar-refractivity contribution in [3.8, 4) is 0 Å². The first-order valence-electron chi connectivity index (χ1n) is 8.40. The van der Waals surface area contributed by atoms with Crippen LogP contribution in [0.4, 0.5) is 11.5 Å². The number of aryl methyl sites for hydroxylation is 3. The maximum atomic E-state index is 12.8. The van der Waals surface area contributed by atoms with E-state index in [1.165, 1.54) is 24.0 Å². The molecule has 2 aromatic rings. The van der Waals surface area contributed by atoms with E-state index in [4.69, 9.17) is 0 Å². The molecule has 0 bridgehead atoms. The van der Waals surface area contributed by atoms with Crippen LogP contribution in [0.25, 0.3) is 0 Å². The highest BCUT2D eigenvalue weighted by molar-refractivity contribution is 5.98. The zero-order chi connectivity index (χ0) is 15.8. The molecule has 0 radical (unpaired) electrons. The Morgan fingerprint density at radius 2 is 2.04 bits per heavy atom. The van der Waals surface area contributed by atoms with E-state index < -0.39 is 0 Å². The third-order valence-electron chi connectivity index (χ3n) is 4.85. The van der Waals surface area contributed by atoms with Gasteiger partial charge in [0.1, 0.15) is 6.04 Å². The number of rotatable bonds is 3. The quantitative estimate of drug-likeness (QED) is 0.948. The maximum absolute atomic E-state index is 12.8. The molecule has 5 nitrogen and oxygen atoms in total. The number of amides is 1. The van der Waals surface area contributed by atoms with E-state index in [-0.39, 0.29) is 11.9 Å². The van der Waals surface area contributed by atoms with Gasteiger partial charge in [0.15, 0.2) is 5.82 Å². The molecule has 4 rings (SSSR count). The average molecular weight is 310 g/mol. The molecular weight excluding hydrogens is 288 g/mol. The lowest BCUT2D eigenvalue weighted by molar-refractivity contribution is -0.120. The van der Waals surface area contributed by atoms with Crippen molar-refractivity contribution in [2.45, 2.75) is 38.1 Å². The van der Waals surface area contributed by atoms with Crippen LogP contribution in [-0.4, -0.2) is 28.3 Å². The molecule has 2 aliphatic rings. The summed E-state index contributed by atoms with van der Waals surface area (Å²) in [6.45, 7) is 0.748. The lowest BCUT2D eigenvalue weighted by Gasteiger charge is -2.31. The second kappa shape index (κ2) is 5.72. The molecular formula is C18H22N4O. The Bertz CT molecular complexity index is 736. The predicted octanol–water partition coefficient (Wildman–Crippen LogP) is 2.52. The van der Waals surface area contributed by atoms with E-state index >= 15 is 0 Å². The minimum Gasteiger partial charge on any atom is -0.374 e. The zero-order valence-corrected chi connectivity index (χ0v) is 13.5. The minimum atomic E-state index is -0.162. The zero-order valence-electron chi connectivity index (χ0n) is 13.5. The van der Waals surface area contributed by atoms with E-state index in [2.05, 4.69) is 28.6 Å². The van der Waals surface area contributed by atoms with Crippen LogP contribution < -0.4 is 10.2 Å². The van der Waals surface area contributed by atoms with E-state index in [9.17, 15) is 4.79 Å². The molecule has 1 unspecified atom stereocenters. The van der Waals surface area contributed by atoms with Gasteiger partial charge in [0.2, 0.25) is 0 Å². The first kappa shape index (κ1) is 14.3. The van der Waals surface area contributed by atoms with Gasteiger partial charge in [-0.2, -0.15) is 5.10 Å². The number of hydrogen-bond acceptors (Lipinski definition) is 3. The molecule has 1 N–H and O–H groups in total. The number of nitrogens with one attached hydrogen (secondary N) is 1. The highest BCUT2D eigenvalue weighted by atomic mass is 16.2. The summed E-state index contributed by atoms with van der Waals surface area (Å²) in [7, 11) is 1.87. The molecule has 1 fully saturated rings. The van der Waals surface area contributed by atoms with Crippen LogP contribution in [0.5, 0.6) is 0 Å². The SMILES string of the molecule is Cn1ccc(N2CCCC(Nc3ccc4c(c3)CCC4)C2=O)n1. The van der Waals surface area contributed by atoms with Crippen molar-refractivity contribution in [3.05, 3.63) is 41.6 Å². The van der Waals surface area contributed by atoms with Crippen molar-refractivity contribution in [2.75, 3.05) is 16.8 Å². The van der Waals surface area contributed by atoms with Gasteiger partial charge in [0.05, 0.1) is 0 Å². The lowest BCUT2D eigenvalue weighted by atomic mass is 10.0. The molecule has 1 aliphatic carbocycles. The van der Waals surface area contributed by atoms with Crippen LogP contribution in [0.1, 0.15) is 30.4 Å². The molecule has 0 spiro atoms. The Hall–Kier alpha value is -2.30. The van der Waals surface area contributed by atoms with Gasteiger partial charge in [-0.05, 0) is 55.4 Å². The summed E-state index contributed by atoms with van der Waals surface area (Å²) < 4.78 is 1.74. The van der Waals surface area contributed by atoms with E-state index in [0.717, 1.165) is 37.3 Å². The number of carbonyl (C=O) groups excluding carboxylic acids is 1. The van der Waals surface area contributed by atoms with Gasteiger partial charge >= 0.3 is 0 Å². The second-order valence-electron chi connectivity index (χ2n) is 6.51. The molecule has 120 valence electrons. The number of benzene rings is 1. The summed E-state index contributed by atoms with van der Waals surface area (Å²) in [6, 6.07) is 8.27. The van der Waals surface area contributed by atoms with Crippen LogP contribution in [0.15, 0.2) is 30.5 Å². The third kappa shape index (κ3) is 2.71. The lowest BCUT2D eigenvalue weighted by Crippen LogP contribution is -2.48. The van der Waals surface area contributed by atoms with Gasteiger partial charge < -0.3 is 5.32 Å². The largest absolute Gasteiger partial charge is 0.374 e. The van der Waals surface area contributed by atoms with Crippen molar-refractivity contribution in [1.29, 1.82) is 0 Å². The van der Waals surface area contributed by atoms with Gasteiger partial charge in [-0.25, -0.2) is 0 Å². The second-order valence-corrected chi connectivity index (χ2v) is 6.51. The molecule has 1 aliphatic heterocycles. The number of piperidine rings is 1. The van der Waals surface area contributed by atoms with Crippen molar-refractivity contribution < 1.29 is 4.79 Å². The van der Waals surface area contributed by atoms with Crippen molar-refractivity contribution >= 4 is 17.4 Å². The van der Waals surface area contributed by atoms with Crippen LogP contribution in [-0.2, 0) is 24.7 Å². The molecule has 0 saturated carbocycles. The number of hydrogen-bond donors (Lipinski definition) is 1. The van der Waals surface area contributed by atoms with Crippen LogP contribution in [0, 0.1) is 0 Å². The Morgan fingerprint density at radius 1 is 1.17 bits per heavy atom. The van der Waals surface area contributed by atoms with Gasteiger partial charge in [-0.15, -0.1) is 0 Å². The smallest absolute Gasteiger partial charge is 0.250 e. The predicted molar refractivity (Wildman–Crippen MR) is 90.7 cm³/mol. The Kier molecular flexibility index (Phi) is 3.56. The average Bonchev–Trinajstić information content (AvgIpc) is 3.17. The Labute approximate surface area is 136 Å². The summed E-state index contributed by atoms with van der Waals surface area (Å²) in [6.07, 6.45) is 7.33. The van der Waals surface area contributed by atoms with E-state index in [1.54, 1.807) is 9.58 Å². The number of nitrogens with zero attached hydrogens (tertiary/aromatic N) is 3. The van der Waals surface area contributed by atoms with Gasteiger partial charge in [0.25, 0.3) is 5.91 Å². The summed E-state index contributed by atoms with van der Waals surface area (Å²) in [5, 5.41) is 7.81. The molecule has 1 saturated heterocycles. The van der Waals surface area contributed by atoms with Gasteiger partial charge in [-0.3, -0.25) is 14.4 Å². The fraction of sp³-hybridized carbons (Fsp3) is 0.444. The van der Waals surface area contributed by atoms with E-state index in [0.29, 0.717) is 0 Å². The number of fused-ring (bicyclic) bond motifs is 1. The fourth-order valence-electron chi connectivity index (χ4n) is 3.65. The van der Waals surface area contributed by atoms with E-state index in [1.807, 2.05) is 19.3 Å². The highest BCUT2D eigenvalue weighted by Crippen LogP contribution is 2.27. The monoisotopic (exact) mass is 310 g/mol. The molecule has 1 aromatic carbocycles. The molecule has 1 amide bonds. The van der Waals surface area contributed by atoms with Crippen LogP contribution in [0.3, 0.4) is 0 Å². The normalized spacial score (nSPS) is 20.7. The highest BCUT2D eigenvalue weighted by Gasteiger charge is 2.30. The Balaban J connectivity index is 1.51. The topological polar surface area (TPSA) is 50.2 Å².